The molecule has 0 saturated heterocycles. The highest BCUT2D eigenvalue weighted by Gasteiger charge is 2.32. The van der Waals surface area contributed by atoms with E-state index in [0.717, 1.165) is 24.5 Å². The molecule has 0 aliphatic rings. The number of hydrogen-bond acceptors (Lipinski definition) is 3. The number of ether oxygens (including phenoxy) is 1. The van der Waals surface area contributed by atoms with Crippen molar-refractivity contribution in [2.45, 2.75) is 64.5 Å². The summed E-state index contributed by atoms with van der Waals surface area (Å²) in [6.45, 7) is 2.20. The summed E-state index contributed by atoms with van der Waals surface area (Å²) in [5.41, 5.74) is -0.431. The van der Waals surface area contributed by atoms with Gasteiger partial charge in [-0.05, 0) is 48.7 Å². The topological polar surface area (TPSA) is 46.5 Å². The van der Waals surface area contributed by atoms with E-state index in [2.05, 4.69) is 6.92 Å². The Bertz CT molecular complexity index is 783. The Balaban J connectivity index is 1.87. The van der Waals surface area contributed by atoms with Gasteiger partial charge in [0.2, 0.25) is 0 Å². The van der Waals surface area contributed by atoms with Crippen LogP contribution in [0, 0.1) is 0 Å². The van der Waals surface area contributed by atoms with Crippen molar-refractivity contribution < 1.29 is 27.8 Å². The number of halogens is 3. The first-order valence-corrected chi connectivity index (χ1v) is 10.0. The van der Waals surface area contributed by atoms with E-state index in [1.54, 1.807) is 12.1 Å². The Labute approximate surface area is 169 Å². The summed E-state index contributed by atoms with van der Waals surface area (Å²) in [6, 6.07) is 9.04. The fourth-order valence-corrected chi connectivity index (χ4v) is 3.05. The minimum atomic E-state index is -4.61. The van der Waals surface area contributed by atoms with Gasteiger partial charge in [0.1, 0.15) is 17.1 Å². The Morgan fingerprint density at radius 2 is 1.55 bits per heavy atom. The number of aromatic hydroxyl groups is 1. The van der Waals surface area contributed by atoms with Gasteiger partial charge in [-0.15, -0.1) is 0 Å². The molecule has 158 valence electrons. The second kappa shape index (κ2) is 10.9. The predicted molar refractivity (Wildman–Crippen MR) is 106 cm³/mol. The molecular weight excluding hydrogens is 381 g/mol. The van der Waals surface area contributed by atoms with Crippen LogP contribution >= 0.6 is 0 Å². The molecule has 29 heavy (non-hydrogen) atoms. The van der Waals surface area contributed by atoms with Crippen molar-refractivity contribution >= 4 is 5.97 Å². The maximum atomic E-state index is 12.8. The number of alkyl halides is 3. The Morgan fingerprint density at radius 3 is 2.17 bits per heavy atom. The van der Waals surface area contributed by atoms with Gasteiger partial charge in [-0.25, -0.2) is 4.79 Å². The number of esters is 1. The molecule has 1 N–H and O–H groups in total. The molecule has 3 nitrogen and oxygen atoms in total. The molecule has 2 rings (SSSR count). The van der Waals surface area contributed by atoms with Gasteiger partial charge in [0.05, 0.1) is 5.56 Å². The molecule has 0 bridgehead atoms. The van der Waals surface area contributed by atoms with E-state index >= 15 is 0 Å². The van der Waals surface area contributed by atoms with Gasteiger partial charge >= 0.3 is 12.1 Å². The zero-order valence-corrected chi connectivity index (χ0v) is 16.6. The second-order valence-electron chi connectivity index (χ2n) is 7.13. The largest absolute Gasteiger partial charge is 0.507 e. The van der Waals surface area contributed by atoms with Crippen molar-refractivity contribution in [1.29, 1.82) is 0 Å². The summed E-state index contributed by atoms with van der Waals surface area (Å²) >= 11 is 0. The molecule has 0 amide bonds. The van der Waals surface area contributed by atoms with Gasteiger partial charge in [0, 0.05) is 0 Å². The van der Waals surface area contributed by atoms with Gasteiger partial charge in [-0.1, -0.05) is 57.6 Å². The Kier molecular flexibility index (Phi) is 8.55. The minimum Gasteiger partial charge on any atom is -0.507 e. The lowest BCUT2D eigenvalue weighted by Crippen LogP contribution is -2.12. The Hall–Kier alpha value is -2.50. The van der Waals surface area contributed by atoms with Crippen LogP contribution in [0.1, 0.15) is 73.4 Å². The summed E-state index contributed by atoms with van der Waals surface area (Å²) in [7, 11) is 0. The monoisotopic (exact) mass is 408 g/mol. The number of unbranched alkanes of at least 4 members (excludes halogenated alkanes) is 6. The summed E-state index contributed by atoms with van der Waals surface area (Å²) in [5.74, 6) is -1.37. The molecule has 0 atom stereocenters. The van der Waals surface area contributed by atoms with Gasteiger partial charge in [0.15, 0.2) is 0 Å². The van der Waals surface area contributed by atoms with E-state index < -0.39 is 29.0 Å². The third-order valence-electron chi connectivity index (χ3n) is 4.75. The highest BCUT2D eigenvalue weighted by Crippen LogP contribution is 2.32. The van der Waals surface area contributed by atoms with E-state index in [-0.39, 0.29) is 5.75 Å². The fourth-order valence-electron chi connectivity index (χ4n) is 3.05. The van der Waals surface area contributed by atoms with E-state index in [0.29, 0.717) is 12.1 Å². The quantitative estimate of drug-likeness (QED) is 0.264. The van der Waals surface area contributed by atoms with Crippen LogP contribution in [0.5, 0.6) is 11.5 Å². The number of phenols is 1. The first-order valence-electron chi connectivity index (χ1n) is 10.0. The van der Waals surface area contributed by atoms with Gasteiger partial charge in [0.25, 0.3) is 0 Å². The molecule has 0 spiro atoms. The number of rotatable bonds is 10. The molecule has 0 aliphatic carbocycles. The van der Waals surface area contributed by atoms with E-state index in [9.17, 15) is 23.1 Å². The summed E-state index contributed by atoms with van der Waals surface area (Å²) in [5, 5.41) is 9.71. The van der Waals surface area contributed by atoms with Crippen LogP contribution < -0.4 is 4.74 Å². The molecule has 0 radical (unpaired) electrons. The van der Waals surface area contributed by atoms with E-state index in [4.69, 9.17) is 4.74 Å². The fraction of sp³-hybridized carbons (Fsp3) is 0.435. The van der Waals surface area contributed by atoms with Crippen molar-refractivity contribution in [1.82, 2.24) is 0 Å². The van der Waals surface area contributed by atoms with Crippen LogP contribution in [-0.4, -0.2) is 11.1 Å². The van der Waals surface area contributed by atoms with Crippen LogP contribution in [0.4, 0.5) is 13.2 Å². The van der Waals surface area contributed by atoms with Crippen LogP contribution in [-0.2, 0) is 12.6 Å². The normalized spacial score (nSPS) is 11.4. The average molecular weight is 408 g/mol. The maximum Gasteiger partial charge on any atom is 0.416 e. The maximum absolute atomic E-state index is 12.8. The van der Waals surface area contributed by atoms with Gasteiger partial charge < -0.3 is 9.84 Å². The molecule has 2 aromatic rings. The van der Waals surface area contributed by atoms with Crippen molar-refractivity contribution in [3.05, 3.63) is 59.2 Å². The summed E-state index contributed by atoms with van der Waals surface area (Å²) in [6.07, 6.45) is 4.90. The van der Waals surface area contributed by atoms with Crippen LogP contribution in [0.2, 0.25) is 0 Å². The van der Waals surface area contributed by atoms with Gasteiger partial charge in [-0.2, -0.15) is 13.2 Å². The molecule has 0 fully saturated rings. The molecule has 2 aromatic carbocycles. The number of carbonyl (C=O) groups is 1. The molecule has 0 aromatic heterocycles. The lowest BCUT2D eigenvalue weighted by Gasteiger charge is -2.10. The van der Waals surface area contributed by atoms with Crippen LogP contribution in [0.25, 0.3) is 0 Å². The van der Waals surface area contributed by atoms with E-state index in [1.165, 1.54) is 38.5 Å². The van der Waals surface area contributed by atoms with Crippen molar-refractivity contribution in [3.63, 3.8) is 0 Å². The number of aryl methyl sites for hydroxylation is 1. The third kappa shape index (κ3) is 7.44. The number of benzene rings is 2. The highest BCUT2D eigenvalue weighted by molar-refractivity contribution is 5.94. The standard InChI is InChI=1S/C23H27F3O3/c1-2-3-4-5-6-7-8-9-17-10-13-19(14-11-17)29-22(28)20-16-18(23(24,25)26)12-15-21(20)27/h10-16,27H,2-9H2,1H3. The number of carbonyl (C=O) groups excluding carboxylic acids is 1. The predicted octanol–water partition coefficient (Wildman–Crippen LogP) is 6.92. The van der Waals surface area contributed by atoms with Gasteiger partial charge in [-0.3, -0.25) is 0 Å². The van der Waals surface area contributed by atoms with Crippen molar-refractivity contribution in [2.75, 3.05) is 0 Å². The molecule has 0 aliphatic heterocycles. The van der Waals surface area contributed by atoms with E-state index in [1.807, 2.05) is 12.1 Å². The molecular formula is C23H27F3O3. The minimum absolute atomic E-state index is 0.218. The molecule has 0 heterocycles. The zero-order chi connectivity index (χ0) is 21.3. The van der Waals surface area contributed by atoms with Crippen LogP contribution in [0.3, 0.4) is 0 Å². The summed E-state index contributed by atoms with van der Waals surface area (Å²) < 4.78 is 43.5. The zero-order valence-electron chi connectivity index (χ0n) is 16.6. The first kappa shape index (κ1) is 22.8. The molecule has 0 saturated carbocycles. The Morgan fingerprint density at radius 1 is 0.931 bits per heavy atom. The summed E-state index contributed by atoms with van der Waals surface area (Å²) in [4.78, 5) is 12.2. The first-order chi connectivity index (χ1) is 13.8. The third-order valence-corrected chi connectivity index (χ3v) is 4.75. The smallest absolute Gasteiger partial charge is 0.416 e. The van der Waals surface area contributed by atoms with Crippen molar-refractivity contribution in [2.24, 2.45) is 0 Å². The van der Waals surface area contributed by atoms with Crippen molar-refractivity contribution in [3.8, 4) is 11.5 Å². The highest BCUT2D eigenvalue weighted by atomic mass is 19.4. The number of phenolic OH excluding ortho intramolecular Hbond substituents is 1. The average Bonchev–Trinajstić information content (AvgIpc) is 2.68. The lowest BCUT2D eigenvalue weighted by molar-refractivity contribution is -0.137. The molecule has 6 heteroatoms. The molecule has 0 unspecified atom stereocenters. The number of hydrogen-bond donors (Lipinski definition) is 1. The second-order valence-corrected chi connectivity index (χ2v) is 7.13. The van der Waals surface area contributed by atoms with Crippen LogP contribution in [0.15, 0.2) is 42.5 Å². The lowest BCUT2D eigenvalue weighted by atomic mass is 10.0. The SMILES string of the molecule is CCCCCCCCCc1ccc(OC(=O)c2cc(C(F)(F)F)ccc2O)cc1.